The molecule has 0 aromatic heterocycles. The van der Waals surface area contributed by atoms with Gasteiger partial charge in [0.15, 0.2) is 0 Å². The van der Waals surface area contributed by atoms with Crippen molar-refractivity contribution in [1.82, 2.24) is 0 Å². The van der Waals surface area contributed by atoms with Crippen molar-refractivity contribution in [2.24, 2.45) is 0 Å². The highest BCUT2D eigenvalue weighted by Gasteiger charge is 2.11. The second-order valence-electron chi connectivity index (χ2n) is 2.66. The second-order valence-corrected chi connectivity index (χ2v) is 4.44. The van der Waals surface area contributed by atoms with Crippen LogP contribution in [0.4, 0.5) is 0 Å². The Morgan fingerprint density at radius 1 is 1.45 bits per heavy atom. The summed E-state index contributed by atoms with van der Waals surface area (Å²) in [5, 5.41) is 0. The van der Waals surface area contributed by atoms with Crippen LogP contribution in [0.3, 0.4) is 0 Å². The predicted octanol–water partition coefficient (Wildman–Crippen LogP) is 0.979. The van der Waals surface area contributed by atoms with Crippen LogP contribution in [-0.4, -0.2) is 28.7 Å². The van der Waals surface area contributed by atoms with E-state index < -0.39 is 7.60 Å². The molecule has 0 aliphatic carbocycles. The van der Waals surface area contributed by atoms with E-state index in [9.17, 15) is 4.57 Å². The third-order valence-corrected chi connectivity index (χ3v) is 1.94. The lowest BCUT2D eigenvalue weighted by molar-refractivity contribution is 0.0791. The molecular formula is C6H15O4P. The highest BCUT2D eigenvalue weighted by molar-refractivity contribution is 7.51. The first-order valence-electron chi connectivity index (χ1n) is 3.58. The quantitative estimate of drug-likeness (QED) is 0.491. The first kappa shape index (κ1) is 11.1. The van der Waals surface area contributed by atoms with Gasteiger partial charge in [-0.1, -0.05) is 0 Å². The van der Waals surface area contributed by atoms with E-state index in [-0.39, 0.29) is 12.3 Å². The fraction of sp³-hybridized carbons (Fsp3) is 1.00. The SMILES string of the molecule is CC(C)OCCCP(=O)(O)O. The average molecular weight is 182 g/mol. The summed E-state index contributed by atoms with van der Waals surface area (Å²) in [6.07, 6.45) is 0.467. The minimum Gasteiger partial charge on any atom is -0.379 e. The van der Waals surface area contributed by atoms with Gasteiger partial charge in [-0.3, -0.25) is 4.57 Å². The maximum absolute atomic E-state index is 10.3. The molecule has 0 atom stereocenters. The summed E-state index contributed by atoms with van der Waals surface area (Å²) in [4.78, 5) is 16.9. The average Bonchev–Trinajstić information content (AvgIpc) is 1.78. The molecular weight excluding hydrogens is 167 g/mol. The minimum absolute atomic E-state index is 0.0836. The van der Waals surface area contributed by atoms with Crippen LogP contribution in [0.25, 0.3) is 0 Å². The zero-order chi connectivity index (χ0) is 8.91. The van der Waals surface area contributed by atoms with Crippen LogP contribution in [-0.2, 0) is 9.30 Å². The zero-order valence-electron chi connectivity index (χ0n) is 6.86. The third-order valence-electron chi connectivity index (χ3n) is 1.04. The van der Waals surface area contributed by atoms with E-state index in [0.29, 0.717) is 13.0 Å². The molecule has 68 valence electrons. The number of ether oxygens (including phenoxy) is 1. The monoisotopic (exact) mass is 182 g/mol. The minimum atomic E-state index is -3.81. The zero-order valence-corrected chi connectivity index (χ0v) is 7.75. The van der Waals surface area contributed by atoms with Gasteiger partial charge in [0, 0.05) is 6.61 Å². The van der Waals surface area contributed by atoms with E-state index in [1.165, 1.54) is 0 Å². The standard InChI is InChI=1S/C6H15O4P/c1-6(2)10-4-3-5-11(7,8)9/h6H,3-5H2,1-2H3,(H2,7,8,9). The molecule has 0 aromatic carbocycles. The van der Waals surface area contributed by atoms with Crippen molar-refractivity contribution in [3.8, 4) is 0 Å². The van der Waals surface area contributed by atoms with E-state index in [1.807, 2.05) is 13.8 Å². The van der Waals surface area contributed by atoms with Gasteiger partial charge < -0.3 is 14.5 Å². The normalized spacial score (nSPS) is 12.5. The van der Waals surface area contributed by atoms with E-state index >= 15 is 0 Å². The van der Waals surface area contributed by atoms with Crippen molar-refractivity contribution in [3.63, 3.8) is 0 Å². The molecule has 5 heteroatoms. The van der Waals surface area contributed by atoms with Gasteiger partial charge in [-0.25, -0.2) is 0 Å². The molecule has 0 aliphatic heterocycles. The Balaban J connectivity index is 3.22. The van der Waals surface area contributed by atoms with Gasteiger partial charge in [0.1, 0.15) is 0 Å². The largest absolute Gasteiger partial charge is 0.379 e. The van der Waals surface area contributed by atoms with Gasteiger partial charge in [0.05, 0.1) is 12.3 Å². The van der Waals surface area contributed by atoms with Gasteiger partial charge >= 0.3 is 7.60 Å². The van der Waals surface area contributed by atoms with Crippen molar-refractivity contribution in [2.45, 2.75) is 26.4 Å². The number of hydrogen-bond acceptors (Lipinski definition) is 2. The molecule has 0 saturated carbocycles. The molecule has 0 rings (SSSR count). The molecule has 0 radical (unpaired) electrons. The summed E-state index contributed by atoms with van der Waals surface area (Å²) >= 11 is 0. The molecule has 0 amide bonds. The Hall–Kier alpha value is 0.110. The van der Waals surface area contributed by atoms with Crippen molar-refractivity contribution in [2.75, 3.05) is 12.8 Å². The summed E-state index contributed by atoms with van der Waals surface area (Å²) in [6.45, 7) is 4.19. The molecule has 0 bridgehead atoms. The summed E-state index contributed by atoms with van der Waals surface area (Å²) in [6, 6.07) is 0. The fourth-order valence-electron chi connectivity index (χ4n) is 0.590. The molecule has 0 aromatic rings. The molecule has 0 fully saturated rings. The third kappa shape index (κ3) is 10.1. The summed E-state index contributed by atoms with van der Waals surface area (Å²) < 4.78 is 15.4. The molecule has 0 aliphatic rings. The van der Waals surface area contributed by atoms with Crippen LogP contribution in [0.2, 0.25) is 0 Å². The van der Waals surface area contributed by atoms with Crippen LogP contribution in [0.5, 0.6) is 0 Å². The Kier molecular flexibility index (Phi) is 4.93. The second kappa shape index (κ2) is 4.88. The number of rotatable bonds is 5. The first-order chi connectivity index (χ1) is 4.92. The Labute approximate surface area is 66.7 Å². The Bertz CT molecular complexity index is 140. The maximum atomic E-state index is 10.3. The summed E-state index contributed by atoms with van der Waals surface area (Å²) in [5.74, 6) is 0. The van der Waals surface area contributed by atoms with Crippen molar-refractivity contribution >= 4 is 7.60 Å². The summed E-state index contributed by atoms with van der Waals surface area (Å²) in [7, 11) is -3.81. The molecule has 0 heterocycles. The molecule has 0 spiro atoms. The van der Waals surface area contributed by atoms with Gasteiger partial charge in [0.25, 0.3) is 0 Å². The van der Waals surface area contributed by atoms with Gasteiger partial charge in [-0.05, 0) is 20.3 Å². The molecule has 2 N–H and O–H groups in total. The van der Waals surface area contributed by atoms with Crippen LogP contribution >= 0.6 is 7.60 Å². The first-order valence-corrected chi connectivity index (χ1v) is 5.38. The molecule has 0 unspecified atom stereocenters. The summed E-state index contributed by atoms with van der Waals surface area (Å²) in [5.41, 5.74) is 0. The lowest BCUT2D eigenvalue weighted by atomic mass is 10.4. The van der Waals surface area contributed by atoms with Crippen molar-refractivity contribution in [3.05, 3.63) is 0 Å². The van der Waals surface area contributed by atoms with E-state index in [1.54, 1.807) is 0 Å². The highest BCUT2D eigenvalue weighted by atomic mass is 31.2. The van der Waals surface area contributed by atoms with Crippen molar-refractivity contribution < 1.29 is 19.1 Å². The molecule has 4 nitrogen and oxygen atoms in total. The van der Waals surface area contributed by atoms with E-state index in [2.05, 4.69) is 0 Å². The lowest BCUT2D eigenvalue weighted by Gasteiger charge is -2.07. The topological polar surface area (TPSA) is 66.8 Å². The van der Waals surface area contributed by atoms with E-state index in [4.69, 9.17) is 14.5 Å². The van der Waals surface area contributed by atoms with E-state index in [0.717, 1.165) is 0 Å². The van der Waals surface area contributed by atoms with Gasteiger partial charge in [-0.2, -0.15) is 0 Å². The molecule has 0 saturated heterocycles. The van der Waals surface area contributed by atoms with Crippen LogP contribution in [0, 0.1) is 0 Å². The van der Waals surface area contributed by atoms with Gasteiger partial charge in [-0.15, -0.1) is 0 Å². The maximum Gasteiger partial charge on any atom is 0.325 e. The highest BCUT2D eigenvalue weighted by Crippen LogP contribution is 2.34. The van der Waals surface area contributed by atoms with Gasteiger partial charge in [0.2, 0.25) is 0 Å². The van der Waals surface area contributed by atoms with Crippen molar-refractivity contribution in [1.29, 1.82) is 0 Å². The molecule has 11 heavy (non-hydrogen) atoms. The number of hydrogen-bond donors (Lipinski definition) is 2. The lowest BCUT2D eigenvalue weighted by Crippen LogP contribution is -2.05. The Morgan fingerprint density at radius 2 is 2.00 bits per heavy atom. The van der Waals surface area contributed by atoms with Crippen LogP contribution in [0.15, 0.2) is 0 Å². The van der Waals surface area contributed by atoms with Crippen LogP contribution < -0.4 is 0 Å². The van der Waals surface area contributed by atoms with Crippen LogP contribution in [0.1, 0.15) is 20.3 Å². The smallest absolute Gasteiger partial charge is 0.325 e. The fourth-order valence-corrected chi connectivity index (χ4v) is 1.13. The Morgan fingerprint density at radius 3 is 2.36 bits per heavy atom. The predicted molar refractivity (Wildman–Crippen MR) is 42.6 cm³/mol.